The van der Waals surface area contributed by atoms with Crippen LogP contribution in [0.2, 0.25) is 0 Å². The highest BCUT2D eigenvalue weighted by Gasteiger charge is 2.41. The summed E-state index contributed by atoms with van der Waals surface area (Å²) in [4.78, 5) is 11.2. The van der Waals surface area contributed by atoms with Gasteiger partial charge < -0.3 is 0 Å². The number of rotatable bonds is 3. The molecule has 1 heterocycles. The Morgan fingerprint density at radius 2 is 1.89 bits per heavy atom. The molecule has 0 aliphatic heterocycles. The van der Waals surface area contributed by atoms with E-state index in [2.05, 4.69) is 0 Å². The number of hydrogen-bond donors (Lipinski definition) is 0. The zero-order valence-corrected chi connectivity index (χ0v) is 11.4. The molecule has 0 saturated heterocycles. The second-order valence-electron chi connectivity index (χ2n) is 5.13. The molecule has 1 nitrogen and oxygen atoms in total. The van der Waals surface area contributed by atoms with E-state index in [4.69, 9.17) is 0 Å². The van der Waals surface area contributed by atoms with Crippen LogP contribution in [-0.4, -0.2) is 12.0 Å². The van der Waals surface area contributed by atoms with Crippen molar-refractivity contribution in [1.29, 1.82) is 0 Å². The second-order valence-corrected chi connectivity index (χ2v) is 6.04. The second kappa shape index (κ2) is 4.63. The van der Waals surface area contributed by atoms with Gasteiger partial charge in [-0.05, 0) is 27.8 Å². The highest BCUT2D eigenvalue weighted by Crippen LogP contribution is 2.37. The zero-order chi connectivity index (χ0) is 14.3. The van der Waals surface area contributed by atoms with Crippen LogP contribution in [0, 0.1) is 0 Å². The molecule has 0 unspecified atom stereocenters. The molecule has 0 spiro atoms. The topological polar surface area (TPSA) is 17.1 Å². The van der Waals surface area contributed by atoms with E-state index in [1.807, 2.05) is 23.6 Å². The molecule has 0 bridgehead atoms. The minimum absolute atomic E-state index is 0.534. The average molecular weight is 286 g/mol. The lowest BCUT2D eigenvalue weighted by molar-refractivity contribution is -0.172. The molecule has 2 rings (SSSR count). The third kappa shape index (κ3) is 2.81. The lowest BCUT2D eigenvalue weighted by Crippen LogP contribution is -2.31. The van der Waals surface area contributed by atoms with Gasteiger partial charge in [0.1, 0.15) is 0 Å². The summed E-state index contributed by atoms with van der Waals surface area (Å²) in [6.07, 6.45) is -5.30. The first-order valence-electron chi connectivity index (χ1n) is 5.78. The van der Waals surface area contributed by atoms with E-state index in [1.54, 1.807) is 19.9 Å². The number of Topliss-reactive ketones (excluding diaryl/α,β-unsaturated/α-hetero) is 1. The number of fused-ring (bicyclic) bond motifs is 1. The molecule has 0 saturated carbocycles. The van der Waals surface area contributed by atoms with E-state index < -0.39 is 23.8 Å². The first-order valence-corrected chi connectivity index (χ1v) is 6.66. The van der Waals surface area contributed by atoms with E-state index in [9.17, 15) is 18.0 Å². The fraction of sp³-hybridized carbons (Fsp3) is 0.357. The summed E-state index contributed by atoms with van der Waals surface area (Å²) in [5.41, 5.74) is -0.0469. The number of benzene rings is 1. The van der Waals surface area contributed by atoms with Gasteiger partial charge >= 0.3 is 6.18 Å². The van der Waals surface area contributed by atoms with Crippen LogP contribution in [0.1, 0.15) is 25.8 Å². The Labute approximate surface area is 113 Å². The Morgan fingerprint density at radius 3 is 2.53 bits per heavy atom. The normalized spacial score (nSPS) is 12.9. The summed E-state index contributed by atoms with van der Waals surface area (Å²) >= 11 is 1.48. The van der Waals surface area contributed by atoms with Crippen molar-refractivity contribution < 1.29 is 18.0 Å². The molecule has 0 fully saturated rings. The Balaban J connectivity index is 2.39. The maximum atomic E-state index is 12.4. The number of ketones is 1. The molecular weight excluding hydrogens is 273 g/mol. The van der Waals surface area contributed by atoms with Gasteiger partial charge in [-0.3, -0.25) is 4.79 Å². The van der Waals surface area contributed by atoms with Gasteiger partial charge in [0.15, 0.2) is 0 Å². The van der Waals surface area contributed by atoms with Gasteiger partial charge in [-0.2, -0.15) is 13.2 Å². The first-order chi connectivity index (χ1) is 8.72. The molecule has 0 aliphatic carbocycles. The average Bonchev–Trinajstić information content (AvgIpc) is 2.74. The van der Waals surface area contributed by atoms with Gasteiger partial charge in [-0.15, -0.1) is 11.3 Å². The summed E-state index contributed by atoms with van der Waals surface area (Å²) < 4.78 is 38.2. The van der Waals surface area contributed by atoms with Gasteiger partial charge in [0.25, 0.3) is 0 Å². The van der Waals surface area contributed by atoms with Gasteiger partial charge in [0, 0.05) is 11.1 Å². The van der Waals surface area contributed by atoms with Gasteiger partial charge in [0.2, 0.25) is 5.78 Å². The molecule has 1 aromatic carbocycles. The Morgan fingerprint density at radius 1 is 1.21 bits per heavy atom. The van der Waals surface area contributed by atoms with Crippen LogP contribution in [-0.2, 0) is 10.2 Å². The van der Waals surface area contributed by atoms with Gasteiger partial charge in [-0.25, -0.2) is 0 Å². The van der Waals surface area contributed by atoms with E-state index in [-0.39, 0.29) is 0 Å². The number of halogens is 3. The van der Waals surface area contributed by atoms with Crippen molar-refractivity contribution in [3.63, 3.8) is 0 Å². The molecule has 1 aromatic heterocycles. The molecule has 5 heteroatoms. The summed E-state index contributed by atoms with van der Waals surface area (Å²) in [5.74, 6) is -1.67. The monoisotopic (exact) mass is 286 g/mol. The van der Waals surface area contributed by atoms with Crippen molar-refractivity contribution in [2.24, 2.45) is 0 Å². The van der Waals surface area contributed by atoms with Crippen molar-refractivity contribution in [1.82, 2.24) is 0 Å². The van der Waals surface area contributed by atoms with Gasteiger partial charge in [-0.1, -0.05) is 32.0 Å². The molecule has 2 aromatic rings. The van der Waals surface area contributed by atoms with Crippen LogP contribution in [0.15, 0.2) is 29.6 Å². The largest absolute Gasteiger partial charge is 0.450 e. The summed E-state index contributed by atoms with van der Waals surface area (Å²) in [7, 11) is 0. The lowest BCUT2D eigenvalue weighted by Gasteiger charge is -2.25. The molecule has 19 heavy (non-hydrogen) atoms. The van der Waals surface area contributed by atoms with E-state index in [0.717, 1.165) is 15.6 Å². The Bertz CT molecular complexity index is 610. The maximum Gasteiger partial charge on any atom is 0.450 e. The quantitative estimate of drug-likeness (QED) is 0.799. The number of alkyl halides is 3. The number of hydrogen-bond acceptors (Lipinski definition) is 2. The minimum atomic E-state index is -4.76. The summed E-state index contributed by atoms with van der Waals surface area (Å²) in [6.45, 7) is 3.34. The van der Waals surface area contributed by atoms with Crippen molar-refractivity contribution in [2.45, 2.75) is 31.9 Å². The molecular formula is C14H13F3OS. The molecule has 0 N–H and O–H groups in total. The van der Waals surface area contributed by atoms with Crippen LogP contribution in [0.4, 0.5) is 13.2 Å². The van der Waals surface area contributed by atoms with Crippen LogP contribution >= 0.6 is 11.3 Å². The van der Waals surface area contributed by atoms with Gasteiger partial charge in [0.05, 0.1) is 0 Å². The van der Waals surface area contributed by atoms with Crippen molar-refractivity contribution in [3.8, 4) is 0 Å². The number of carbonyl (C=O) groups excluding carboxylic acids is 1. The lowest BCUT2D eigenvalue weighted by atomic mass is 9.79. The Hall–Kier alpha value is -1.36. The molecule has 102 valence electrons. The fourth-order valence-electron chi connectivity index (χ4n) is 2.12. The molecule has 0 radical (unpaired) electrons. The highest BCUT2D eigenvalue weighted by atomic mass is 32.1. The predicted octanol–water partition coefficient (Wildman–Crippen LogP) is 4.70. The van der Waals surface area contributed by atoms with E-state index in [1.165, 1.54) is 11.3 Å². The summed E-state index contributed by atoms with van der Waals surface area (Å²) in [6, 6.07) is 7.44. The Kier molecular flexibility index (Phi) is 3.43. The predicted molar refractivity (Wildman–Crippen MR) is 70.5 cm³/mol. The third-order valence-corrected chi connectivity index (χ3v) is 4.09. The first kappa shape index (κ1) is 14.1. The zero-order valence-electron chi connectivity index (χ0n) is 10.5. The minimum Gasteiger partial charge on any atom is -0.290 e. The van der Waals surface area contributed by atoms with Crippen LogP contribution < -0.4 is 0 Å². The maximum absolute atomic E-state index is 12.4. The van der Waals surface area contributed by atoms with Crippen molar-refractivity contribution >= 4 is 27.2 Å². The smallest absolute Gasteiger partial charge is 0.290 e. The molecule has 0 amide bonds. The highest BCUT2D eigenvalue weighted by molar-refractivity contribution is 7.17. The number of carbonyl (C=O) groups is 1. The SMILES string of the molecule is CC(C)(CC(=O)C(F)(F)F)c1cccc2ccsc12. The third-order valence-electron chi connectivity index (χ3n) is 3.13. The van der Waals surface area contributed by atoms with Crippen LogP contribution in [0.25, 0.3) is 10.1 Å². The standard InChI is InChI=1S/C14H13F3OS/c1-13(2,8-11(18)14(15,16)17)10-5-3-4-9-6-7-19-12(9)10/h3-7H,8H2,1-2H3. The van der Waals surface area contributed by atoms with Crippen LogP contribution in [0.5, 0.6) is 0 Å². The van der Waals surface area contributed by atoms with Crippen molar-refractivity contribution in [2.75, 3.05) is 0 Å². The fourth-order valence-corrected chi connectivity index (χ4v) is 3.22. The van der Waals surface area contributed by atoms with E-state index >= 15 is 0 Å². The molecule has 0 atom stereocenters. The molecule has 0 aliphatic rings. The van der Waals surface area contributed by atoms with Crippen LogP contribution in [0.3, 0.4) is 0 Å². The summed E-state index contributed by atoms with van der Waals surface area (Å²) in [5, 5.41) is 2.89. The van der Waals surface area contributed by atoms with Crippen molar-refractivity contribution in [3.05, 3.63) is 35.2 Å². The van der Waals surface area contributed by atoms with E-state index in [0.29, 0.717) is 0 Å². The number of thiophene rings is 1.